The van der Waals surface area contributed by atoms with Gasteiger partial charge in [-0.05, 0) is 18.2 Å². The maximum atomic E-state index is 5.68. The van der Waals surface area contributed by atoms with Gasteiger partial charge in [-0.3, -0.25) is 4.68 Å². The summed E-state index contributed by atoms with van der Waals surface area (Å²) in [6.07, 6.45) is 0. The predicted octanol–water partition coefficient (Wildman–Crippen LogP) is 2.09. The number of nitrogen functional groups attached to an aromatic ring is 1. The summed E-state index contributed by atoms with van der Waals surface area (Å²) >= 11 is 0. The molecule has 0 saturated carbocycles. The number of hydrogen-bond acceptors (Lipinski definition) is 4. The van der Waals surface area contributed by atoms with Crippen LogP contribution in [0.3, 0.4) is 0 Å². The number of aromatic nitrogens is 5. The number of pyridine rings is 1. The van der Waals surface area contributed by atoms with Crippen molar-refractivity contribution in [1.82, 2.24) is 24.7 Å². The fraction of sp³-hybridized carbons (Fsp3) is 0.0714. The summed E-state index contributed by atoms with van der Waals surface area (Å²) in [6.45, 7) is 0. The van der Waals surface area contributed by atoms with Gasteiger partial charge in [0.05, 0.1) is 11.0 Å². The smallest absolute Gasteiger partial charge is 0.180 e. The van der Waals surface area contributed by atoms with Crippen molar-refractivity contribution < 1.29 is 0 Å². The van der Waals surface area contributed by atoms with Crippen molar-refractivity contribution in [2.24, 2.45) is 7.05 Å². The maximum Gasteiger partial charge on any atom is 0.180 e. The topological polar surface area (TPSA) is 85.4 Å². The van der Waals surface area contributed by atoms with Crippen molar-refractivity contribution in [3.05, 3.63) is 36.4 Å². The molecule has 0 saturated heterocycles. The monoisotopic (exact) mass is 264 g/mol. The van der Waals surface area contributed by atoms with E-state index in [-0.39, 0.29) is 0 Å². The average molecular weight is 264 g/mol. The quantitative estimate of drug-likeness (QED) is 0.551. The van der Waals surface area contributed by atoms with Gasteiger partial charge in [0.2, 0.25) is 0 Å². The number of hydrogen-bond donors (Lipinski definition) is 2. The van der Waals surface area contributed by atoms with Crippen LogP contribution in [0.4, 0.5) is 5.82 Å². The third kappa shape index (κ3) is 1.48. The van der Waals surface area contributed by atoms with Crippen LogP contribution in [0.25, 0.3) is 33.6 Å². The van der Waals surface area contributed by atoms with Crippen LogP contribution in [0.2, 0.25) is 0 Å². The first kappa shape index (κ1) is 11.0. The van der Waals surface area contributed by atoms with Crippen LogP contribution in [-0.2, 0) is 7.05 Å². The van der Waals surface area contributed by atoms with Crippen LogP contribution in [0.1, 0.15) is 0 Å². The van der Waals surface area contributed by atoms with Gasteiger partial charge in [-0.1, -0.05) is 18.2 Å². The molecule has 1 aromatic carbocycles. The highest BCUT2D eigenvalue weighted by atomic mass is 15.3. The lowest BCUT2D eigenvalue weighted by molar-refractivity contribution is 0.798. The van der Waals surface area contributed by atoms with Gasteiger partial charge in [0, 0.05) is 12.4 Å². The van der Waals surface area contributed by atoms with Crippen LogP contribution < -0.4 is 5.73 Å². The number of aryl methyl sites for hydroxylation is 1. The zero-order valence-corrected chi connectivity index (χ0v) is 10.8. The maximum absolute atomic E-state index is 5.68. The van der Waals surface area contributed by atoms with E-state index in [2.05, 4.69) is 20.1 Å². The second-order valence-corrected chi connectivity index (χ2v) is 4.68. The third-order valence-corrected chi connectivity index (χ3v) is 3.35. The number of imidazole rings is 1. The molecule has 4 rings (SSSR count). The lowest BCUT2D eigenvalue weighted by atomic mass is 10.2. The van der Waals surface area contributed by atoms with Gasteiger partial charge in [-0.25, -0.2) is 9.97 Å². The van der Waals surface area contributed by atoms with E-state index in [4.69, 9.17) is 5.73 Å². The summed E-state index contributed by atoms with van der Waals surface area (Å²) in [6, 6.07) is 11.7. The highest BCUT2D eigenvalue weighted by Crippen LogP contribution is 2.26. The van der Waals surface area contributed by atoms with Crippen molar-refractivity contribution in [2.75, 3.05) is 5.73 Å². The Morgan fingerprint density at radius 3 is 2.85 bits per heavy atom. The number of fused-ring (bicyclic) bond motifs is 2. The van der Waals surface area contributed by atoms with Crippen LogP contribution in [0, 0.1) is 0 Å². The number of benzene rings is 1. The predicted molar refractivity (Wildman–Crippen MR) is 78.0 cm³/mol. The first-order chi connectivity index (χ1) is 9.72. The molecule has 3 heterocycles. The first-order valence-corrected chi connectivity index (χ1v) is 6.27. The average Bonchev–Trinajstić information content (AvgIpc) is 3.00. The highest BCUT2D eigenvalue weighted by molar-refractivity contribution is 5.93. The van der Waals surface area contributed by atoms with E-state index in [1.54, 1.807) is 6.07 Å². The molecule has 0 spiro atoms. The Balaban J connectivity index is 2.01. The third-order valence-electron chi connectivity index (χ3n) is 3.35. The molecule has 0 aliphatic rings. The Morgan fingerprint density at radius 2 is 1.95 bits per heavy atom. The van der Waals surface area contributed by atoms with Gasteiger partial charge >= 0.3 is 0 Å². The number of nitrogens with one attached hydrogen (secondary N) is 1. The minimum absolute atomic E-state index is 0.460. The number of nitrogens with two attached hydrogens (primary N) is 1. The molecule has 3 aromatic heterocycles. The summed E-state index contributed by atoms with van der Waals surface area (Å²) < 4.78 is 1.85. The molecule has 0 aliphatic heterocycles. The fourth-order valence-corrected chi connectivity index (χ4v) is 2.41. The van der Waals surface area contributed by atoms with Crippen molar-refractivity contribution in [2.45, 2.75) is 0 Å². The van der Waals surface area contributed by atoms with E-state index in [0.717, 1.165) is 22.1 Å². The molecule has 0 atom stereocenters. The molecule has 98 valence electrons. The Bertz CT molecular complexity index is 933. The summed E-state index contributed by atoms with van der Waals surface area (Å²) in [5.41, 5.74) is 9.02. The zero-order valence-electron chi connectivity index (χ0n) is 10.8. The number of rotatable bonds is 1. The number of aromatic amines is 1. The number of para-hydroxylation sites is 1. The van der Waals surface area contributed by atoms with E-state index >= 15 is 0 Å². The number of anilines is 1. The number of nitrogens with zero attached hydrogens (tertiary/aromatic N) is 4. The minimum atomic E-state index is 0.460. The van der Waals surface area contributed by atoms with Crippen LogP contribution in [0.5, 0.6) is 0 Å². The molecule has 0 amide bonds. The first-order valence-electron chi connectivity index (χ1n) is 6.27. The van der Waals surface area contributed by atoms with E-state index in [1.807, 2.05) is 42.1 Å². The second-order valence-electron chi connectivity index (χ2n) is 4.68. The summed E-state index contributed by atoms with van der Waals surface area (Å²) in [5.74, 6) is 1.16. The van der Waals surface area contributed by atoms with Gasteiger partial charge < -0.3 is 10.7 Å². The van der Waals surface area contributed by atoms with Crippen molar-refractivity contribution >= 4 is 27.9 Å². The van der Waals surface area contributed by atoms with Crippen molar-refractivity contribution in [3.63, 3.8) is 0 Å². The minimum Gasteiger partial charge on any atom is -0.384 e. The van der Waals surface area contributed by atoms with E-state index in [1.165, 1.54) is 0 Å². The largest absolute Gasteiger partial charge is 0.384 e. The highest BCUT2D eigenvalue weighted by Gasteiger charge is 2.14. The number of H-pyrrole nitrogens is 1. The normalized spacial score (nSPS) is 11.4. The summed E-state index contributed by atoms with van der Waals surface area (Å²) in [5, 5.41) is 5.60. The van der Waals surface area contributed by atoms with Gasteiger partial charge in [0.25, 0.3) is 0 Å². The van der Waals surface area contributed by atoms with Crippen LogP contribution >= 0.6 is 0 Å². The van der Waals surface area contributed by atoms with E-state index < -0.39 is 0 Å². The van der Waals surface area contributed by atoms with Crippen molar-refractivity contribution in [3.8, 4) is 11.5 Å². The lowest BCUT2D eigenvalue weighted by Crippen LogP contribution is -1.90. The van der Waals surface area contributed by atoms with Crippen LogP contribution in [-0.4, -0.2) is 24.7 Å². The molecule has 4 aromatic rings. The van der Waals surface area contributed by atoms with Gasteiger partial charge in [0.15, 0.2) is 11.5 Å². The molecule has 0 fully saturated rings. The van der Waals surface area contributed by atoms with Crippen LogP contribution in [0.15, 0.2) is 36.4 Å². The Morgan fingerprint density at radius 1 is 1.10 bits per heavy atom. The van der Waals surface area contributed by atoms with Gasteiger partial charge in [-0.15, -0.1) is 0 Å². The molecule has 3 N–H and O–H groups in total. The molecular formula is C14H12N6. The van der Waals surface area contributed by atoms with E-state index in [0.29, 0.717) is 17.3 Å². The molecule has 0 radical (unpaired) electrons. The van der Waals surface area contributed by atoms with Crippen molar-refractivity contribution in [1.29, 1.82) is 0 Å². The van der Waals surface area contributed by atoms with E-state index in [9.17, 15) is 0 Å². The van der Waals surface area contributed by atoms with Gasteiger partial charge in [0.1, 0.15) is 11.5 Å². The molecular weight excluding hydrogens is 252 g/mol. The molecule has 20 heavy (non-hydrogen) atoms. The standard InChI is InChI=1S/C14H12N6/c1-20-10-5-3-2-4-8(10)12(19-20)14-16-9-6-7-11(15)17-13(9)18-14/h2-7H,1H3,(H3,15,16,17,18). The molecule has 6 nitrogen and oxygen atoms in total. The molecule has 0 aliphatic carbocycles. The Labute approximate surface area is 114 Å². The zero-order chi connectivity index (χ0) is 13.7. The fourth-order valence-electron chi connectivity index (χ4n) is 2.41. The summed E-state index contributed by atoms with van der Waals surface area (Å²) in [7, 11) is 1.92. The molecule has 0 unspecified atom stereocenters. The lowest BCUT2D eigenvalue weighted by Gasteiger charge is -1.91. The Kier molecular flexibility index (Phi) is 2.09. The summed E-state index contributed by atoms with van der Waals surface area (Å²) in [4.78, 5) is 11.9. The van der Waals surface area contributed by atoms with Gasteiger partial charge in [-0.2, -0.15) is 5.10 Å². The molecule has 0 bridgehead atoms. The SMILES string of the molecule is Cn1nc(-c2nc3nc(N)ccc3[nH]2)c2ccccc21. The Hall–Kier alpha value is -2.89. The molecule has 6 heteroatoms. The second kappa shape index (κ2) is 3.80.